The molecule has 0 spiro atoms. The summed E-state index contributed by atoms with van der Waals surface area (Å²) in [6.45, 7) is 5.67. The molecular weight excluding hydrogens is 240 g/mol. The number of hydrogen-bond donors (Lipinski definition) is 0. The van der Waals surface area contributed by atoms with Gasteiger partial charge >= 0.3 is 23.1 Å². The molecule has 0 aromatic heterocycles. The van der Waals surface area contributed by atoms with E-state index in [-0.39, 0.29) is 23.1 Å². The highest BCUT2D eigenvalue weighted by Crippen LogP contribution is 2.22. The van der Waals surface area contributed by atoms with Crippen molar-refractivity contribution >= 4 is 39.0 Å². The van der Waals surface area contributed by atoms with Gasteiger partial charge in [0.25, 0.3) is 0 Å². The van der Waals surface area contributed by atoms with Gasteiger partial charge in [-0.15, -0.1) is 0 Å². The summed E-state index contributed by atoms with van der Waals surface area (Å²) in [5.74, 6) is 0. The second kappa shape index (κ2) is 13.2. The zero-order valence-electron chi connectivity index (χ0n) is 8.31. The highest BCUT2D eigenvalue weighted by molar-refractivity contribution is 9.09. The Hall–Kier alpha value is 1.21. The van der Waals surface area contributed by atoms with E-state index >= 15 is 0 Å². The largest absolute Gasteiger partial charge is 0.382 e. The van der Waals surface area contributed by atoms with Crippen LogP contribution < -0.4 is 0 Å². The van der Waals surface area contributed by atoms with Crippen LogP contribution in [0.5, 0.6) is 0 Å². The molecule has 0 bridgehead atoms. The summed E-state index contributed by atoms with van der Waals surface area (Å²) in [6, 6.07) is 0. The number of rotatable bonds is 2. The Kier molecular flexibility index (Phi) is 16.9. The van der Waals surface area contributed by atoms with E-state index in [2.05, 4.69) is 15.9 Å². The van der Waals surface area contributed by atoms with Crippen molar-refractivity contribution in [2.45, 2.75) is 50.8 Å². The average molecular weight is 264 g/mol. The summed E-state index contributed by atoms with van der Waals surface area (Å²) < 4.78 is 4.83. The van der Waals surface area contributed by atoms with Crippen LogP contribution in [0.15, 0.2) is 0 Å². The summed E-state index contributed by atoms with van der Waals surface area (Å²) >= 11 is 3.59. The molecular formula is C10H23BrMgO. The highest BCUT2D eigenvalue weighted by Gasteiger charge is 2.07. The molecule has 0 atom stereocenters. The predicted molar refractivity (Wildman–Crippen MR) is 66.5 cm³/mol. The van der Waals surface area contributed by atoms with Crippen LogP contribution in [0.1, 0.15) is 46.0 Å². The average Bonchev–Trinajstić information content (AvgIpc) is 2.08. The van der Waals surface area contributed by atoms with E-state index in [1.807, 2.05) is 13.8 Å². The van der Waals surface area contributed by atoms with Crippen LogP contribution in [-0.2, 0) is 4.74 Å². The van der Waals surface area contributed by atoms with Crippen LogP contribution in [0.4, 0.5) is 0 Å². The van der Waals surface area contributed by atoms with Gasteiger partial charge in [0.05, 0.1) is 0 Å². The van der Waals surface area contributed by atoms with E-state index in [0.29, 0.717) is 0 Å². The second-order valence-corrected chi connectivity index (χ2v) is 4.31. The summed E-state index contributed by atoms with van der Waals surface area (Å²) in [4.78, 5) is 0.848. The van der Waals surface area contributed by atoms with Crippen molar-refractivity contribution in [2.24, 2.45) is 0 Å². The van der Waals surface area contributed by atoms with E-state index in [4.69, 9.17) is 4.74 Å². The predicted octanol–water partition coefficient (Wildman–Crippen LogP) is 2.84. The Morgan fingerprint density at radius 3 is 1.69 bits per heavy atom. The molecule has 0 saturated heterocycles. The van der Waals surface area contributed by atoms with Crippen LogP contribution in [0.25, 0.3) is 0 Å². The zero-order valence-corrected chi connectivity index (χ0v) is 9.90. The van der Waals surface area contributed by atoms with Crippen molar-refractivity contribution in [3.63, 3.8) is 0 Å². The fourth-order valence-corrected chi connectivity index (χ4v) is 1.90. The maximum absolute atomic E-state index is 4.83. The molecule has 1 aliphatic carbocycles. The number of ether oxygens (including phenoxy) is 1. The topological polar surface area (TPSA) is 9.23 Å². The standard InChI is InChI=1S/C6H11Br.C4H10O.Mg.2H/c7-6-4-2-1-3-5-6;1-3-5-4-2;;;/h6H,1-5H2;3-4H2,1-2H3;;;. The van der Waals surface area contributed by atoms with Gasteiger partial charge in [0.15, 0.2) is 0 Å². The Morgan fingerprint density at radius 1 is 1.08 bits per heavy atom. The van der Waals surface area contributed by atoms with Gasteiger partial charge < -0.3 is 4.74 Å². The first-order chi connectivity index (χ1) is 5.81. The summed E-state index contributed by atoms with van der Waals surface area (Å²) in [6.07, 6.45) is 7.15. The Bertz CT molecular complexity index is 83.0. The van der Waals surface area contributed by atoms with E-state index in [1.165, 1.54) is 32.1 Å². The monoisotopic (exact) mass is 262 g/mol. The maximum atomic E-state index is 4.83. The van der Waals surface area contributed by atoms with Crippen molar-refractivity contribution in [1.29, 1.82) is 0 Å². The third kappa shape index (κ3) is 13.2. The van der Waals surface area contributed by atoms with Gasteiger partial charge in [-0.1, -0.05) is 35.2 Å². The first-order valence-corrected chi connectivity index (χ1v) is 5.94. The SMILES string of the molecule is BrC1CCCCC1.CCOCC.[MgH2]. The molecule has 3 heteroatoms. The zero-order chi connectivity index (χ0) is 9.23. The van der Waals surface area contributed by atoms with Crippen LogP contribution in [0.3, 0.4) is 0 Å². The van der Waals surface area contributed by atoms with Crippen molar-refractivity contribution in [1.82, 2.24) is 0 Å². The van der Waals surface area contributed by atoms with E-state index in [0.717, 1.165) is 18.0 Å². The fourth-order valence-electron chi connectivity index (χ4n) is 1.26. The molecule has 0 unspecified atom stereocenters. The number of halogens is 1. The molecule has 13 heavy (non-hydrogen) atoms. The lowest BCUT2D eigenvalue weighted by Gasteiger charge is -2.13. The smallest absolute Gasteiger partial charge is 0.316 e. The van der Waals surface area contributed by atoms with Crippen LogP contribution >= 0.6 is 15.9 Å². The highest BCUT2D eigenvalue weighted by atomic mass is 79.9. The van der Waals surface area contributed by atoms with E-state index in [9.17, 15) is 0 Å². The summed E-state index contributed by atoms with van der Waals surface area (Å²) in [5, 5.41) is 0. The quantitative estimate of drug-likeness (QED) is 0.550. The first-order valence-electron chi connectivity index (χ1n) is 5.03. The molecule has 0 aromatic carbocycles. The van der Waals surface area contributed by atoms with E-state index < -0.39 is 0 Å². The Balaban J connectivity index is 0. The Labute approximate surface area is 107 Å². The van der Waals surface area contributed by atoms with Crippen molar-refractivity contribution in [3.8, 4) is 0 Å². The van der Waals surface area contributed by atoms with Crippen LogP contribution in [0, 0.1) is 0 Å². The van der Waals surface area contributed by atoms with Gasteiger partial charge in [0.1, 0.15) is 0 Å². The molecule has 0 heterocycles. The second-order valence-electron chi connectivity index (χ2n) is 3.02. The molecule has 0 aromatic rings. The molecule has 78 valence electrons. The lowest BCUT2D eigenvalue weighted by atomic mass is 10.0. The minimum absolute atomic E-state index is 0. The third-order valence-electron chi connectivity index (χ3n) is 1.94. The van der Waals surface area contributed by atoms with Crippen molar-refractivity contribution in [3.05, 3.63) is 0 Å². The molecule has 0 amide bonds. The molecule has 1 fully saturated rings. The molecule has 1 rings (SSSR count). The first kappa shape index (κ1) is 16.6. The van der Waals surface area contributed by atoms with Gasteiger partial charge in [-0.2, -0.15) is 0 Å². The van der Waals surface area contributed by atoms with Gasteiger partial charge in [-0.05, 0) is 26.7 Å². The minimum atomic E-state index is 0. The Morgan fingerprint density at radius 2 is 1.54 bits per heavy atom. The lowest BCUT2D eigenvalue weighted by molar-refractivity contribution is 0.162. The van der Waals surface area contributed by atoms with Crippen LogP contribution in [-0.4, -0.2) is 41.1 Å². The van der Waals surface area contributed by atoms with E-state index in [1.54, 1.807) is 0 Å². The third-order valence-corrected chi connectivity index (χ3v) is 2.86. The van der Waals surface area contributed by atoms with Gasteiger partial charge in [0, 0.05) is 18.0 Å². The maximum Gasteiger partial charge on any atom is 0.316 e. The minimum Gasteiger partial charge on any atom is -0.382 e. The molecule has 0 radical (unpaired) electrons. The number of hydrogen-bond acceptors (Lipinski definition) is 1. The van der Waals surface area contributed by atoms with Gasteiger partial charge in [-0.25, -0.2) is 0 Å². The lowest BCUT2D eigenvalue weighted by Crippen LogP contribution is -2.02. The summed E-state index contributed by atoms with van der Waals surface area (Å²) in [5.41, 5.74) is 0. The molecule has 1 nitrogen and oxygen atoms in total. The molecule has 0 N–H and O–H groups in total. The van der Waals surface area contributed by atoms with Crippen molar-refractivity contribution < 1.29 is 4.74 Å². The van der Waals surface area contributed by atoms with Crippen molar-refractivity contribution in [2.75, 3.05) is 13.2 Å². The molecule has 0 aliphatic heterocycles. The molecule has 1 aliphatic rings. The van der Waals surface area contributed by atoms with Crippen LogP contribution in [0.2, 0.25) is 0 Å². The van der Waals surface area contributed by atoms with Gasteiger partial charge in [0.2, 0.25) is 0 Å². The number of alkyl halides is 1. The summed E-state index contributed by atoms with van der Waals surface area (Å²) in [7, 11) is 0. The van der Waals surface area contributed by atoms with Gasteiger partial charge in [-0.3, -0.25) is 0 Å². The molecule has 1 saturated carbocycles. The fraction of sp³-hybridized carbons (Fsp3) is 1.00. The normalized spacial score (nSPS) is 16.8.